The van der Waals surface area contributed by atoms with E-state index < -0.39 is 10.0 Å². The molecule has 19 heavy (non-hydrogen) atoms. The monoisotopic (exact) mass is 279 g/mol. The normalized spacial score (nSPS) is 27.6. The maximum Gasteiger partial charge on any atom is 0.263 e. The van der Waals surface area contributed by atoms with Crippen LogP contribution >= 0.6 is 0 Å². The van der Waals surface area contributed by atoms with E-state index in [0.29, 0.717) is 16.3 Å². The Kier molecular flexibility index (Phi) is 3.28. The molecule has 0 aromatic heterocycles. The van der Waals surface area contributed by atoms with Crippen LogP contribution in [0.4, 0.5) is 0 Å². The predicted molar refractivity (Wildman–Crippen MR) is 73.8 cm³/mol. The molecule has 0 radical (unpaired) electrons. The third kappa shape index (κ3) is 2.50. The third-order valence-electron chi connectivity index (χ3n) is 3.52. The lowest BCUT2D eigenvalue weighted by Gasteiger charge is -2.09. The molecule has 2 aliphatic heterocycles. The number of sulfonamides is 1. The first kappa shape index (κ1) is 12.6. The van der Waals surface area contributed by atoms with E-state index in [1.165, 1.54) is 0 Å². The Labute approximate surface area is 113 Å². The molecule has 0 amide bonds. The molecular weight excluding hydrogens is 262 g/mol. The summed E-state index contributed by atoms with van der Waals surface area (Å²) in [5.41, 5.74) is 0.694. The quantitative estimate of drug-likeness (QED) is 0.801. The van der Waals surface area contributed by atoms with Gasteiger partial charge in [0, 0.05) is 5.56 Å². The smallest absolute Gasteiger partial charge is 0.263 e. The standard InChI is InChI=1S/C13H17N3O2S/c17-19(18)12-6-2-1-5-11(12)13(16-19)15-10-4-3-8-14-9-7-10/h1-2,5-6,10,14H,3-4,7-9H2,(H,15,16). The summed E-state index contributed by atoms with van der Waals surface area (Å²) in [6, 6.07) is 7.19. The zero-order valence-electron chi connectivity index (χ0n) is 10.6. The number of nitrogens with zero attached hydrogens (tertiary/aromatic N) is 1. The van der Waals surface area contributed by atoms with Gasteiger partial charge >= 0.3 is 0 Å². The highest BCUT2D eigenvalue weighted by Crippen LogP contribution is 2.23. The summed E-state index contributed by atoms with van der Waals surface area (Å²) in [6.45, 7) is 1.96. The number of aliphatic imine (C=N–C) groups is 1. The molecule has 1 saturated heterocycles. The van der Waals surface area contributed by atoms with Crippen LogP contribution in [0.5, 0.6) is 0 Å². The van der Waals surface area contributed by atoms with E-state index in [2.05, 4.69) is 15.0 Å². The molecule has 2 heterocycles. The van der Waals surface area contributed by atoms with Gasteiger partial charge in [0.15, 0.2) is 0 Å². The van der Waals surface area contributed by atoms with Crippen molar-refractivity contribution in [1.82, 2.24) is 10.0 Å². The largest absolute Gasteiger partial charge is 0.317 e. The van der Waals surface area contributed by atoms with Crippen molar-refractivity contribution in [3.05, 3.63) is 29.8 Å². The van der Waals surface area contributed by atoms with Crippen LogP contribution < -0.4 is 10.0 Å². The molecule has 1 aromatic rings. The molecule has 1 aromatic carbocycles. The van der Waals surface area contributed by atoms with Gasteiger partial charge in [-0.05, 0) is 44.5 Å². The van der Waals surface area contributed by atoms with Crippen LogP contribution in [0.15, 0.2) is 34.2 Å². The number of hydrogen-bond acceptors (Lipinski definition) is 4. The average molecular weight is 279 g/mol. The fourth-order valence-corrected chi connectivity index (χ4v) is 3.78. The zero-order chi connectivity index (χ0) is 13.3. The predicted octanol–water partition coefficient (Wildman–Crippen LogP) is 0.867. The molecule has 2 N–H and O–H groups in total. The van der Waals surface area contributed by atoms with Crippen molar-refractivity contribution in [3.8, 4) is 0 Å². The summed E-state index contributed by atoms with van der Waals surface area (Å²) in [4.78, 5) is 4.95. The van der Waals surface area contributed by atoms with E-state index in [9.17, 15) is 8.42 Å². The lowest BCUT2D eigenvalue weighted by atomic mass is 10.1. The summed E-state index contributed by atoms with van der Waals surface area (Å²) in [7, 11) is -3.41. The molecule has 0 bridgehead atoms. The lowest BCUT2D eigenvalue weighted by Crippen LogP contribution is -2.24. The van der Waals surface area contributed by atoms with Gasteiger partial charge < -0.3 is 5.32 Å². The highest BCUT2D eigenvalue weighted by molar-refractivity contribution is 7.90. The molecule has 2 aliphatic rings. The molecule has 1 unspecified atom stereocenters. The Hall–Kier alpha value is -1.40. The number of fused-ring (bicyclic) bond motifs is 1. The van der Waals surface area contributed by atoms with Crippen LogP contribution in [0, 0.1) is 0 Å². The van der Waals surface area contributed by atoms with Gasteiger partial charge in [-0.1, -0.05) is 12.1 Å². The number of hydrogen-bond donors (Lipinski definition) is 2. The average Bonchev–Trinajstić information content (AvgIpc) is 2.59. The SMILES string of the molecule is O=S1(=O)NC(=NC2CCCNCC2)c2ccccc21. The minimum atomic E-state index is -3.41. The van der Waals surface area contributed by atoms with Crippen molar-refractivity contribution in [3.63, 3.8) is 0 Å². The summed E-state index contributed by atoms with van der Waals surface area (Å²) in [6.07, 6.45) is 3.03. The number of amidine groups is 1. The first-order valence-electron chi connectivity index (χ1n) is 6.57. The van der Waals surface area contributed by atoms with Gasteiger partial charge in [-0.2, -0.15) is 0 Å². The second kappa shape index (κ2) is 4.94. The van der Waals surface area contributed by atoms with Crippen molar-refractivity contribution in [2.75, 3.05) is 13.1 Å². The van der Waals surface area contributed by atoms with E-state index in [-0.39, 0.29) is 6.04 Å². The third-order valence-corrected chi connectivity index (χ3v) is 4.92. The van der Waals surface area contributed by atoms with Crippen LogP contribution in [0.2, 0.25) is 0 Å². The maximum atomic E-state index is 12.0. The molecule has 1 fully saturated rings. The van der Waals surface area contributed by atoms with Crippen molar-refractivity contribution >= 4 is 15.9 Å². The van der Waals surface area contributed by atoms with E-state index in [1.54, 1.807) is 18.2 Å². The molecule has 5 nitrogen and oxygen atoms in total. The van der Waals surface area contributed by atoms with Crippen LogP contribution in [0.3, 0.4) is 0 Å². The van der Waals surface area contributed by atoms with Crippen LogP contribution in [-0.4, -0.2) is 33.4 Å². The Bertz CT molecular complexity index is 602. The minimum absolute atomic E-state index is 0.193. The highest BCUT2D eigenvalue weighted by atomic mass is 32.2. The molecular formula is C13H17N3O2S. The molecule has 1 atom stereocenters. The number of rotatable bonds is 1. The molecule has 0 spiro atoms. The number of nitrogens with one attached hydrogen (secondary N) is 2. The van der Waals surface area contributed by atoms with Crippen molar-refractivity contribution < 1.29 is 8.42 Å². The second-order valence-electron chi connectivity index (χ2n) is 4.91. The molecule has 0 saturated carbocycles. The first-order chi connectivity index (χ1) is 9.17. The van der Waals surface area contributed by atoms with Crippen LogP contribution in [0.25, 0.3) is 0 Å². The highest BCUT2D eigenvalue weighted by Gasteiger charge is 2.30. The van der Waals surface area contributed by atoms with Crippen molar-refractivity contribution in [2.24, 2.45) is 4.99 Å². The summed E-state index contributed by atoms with van der Waals surface area (Å²) < 4.78 is 26.5. The van der Waals surface area contributed by atoms with Gasteiger partial charge in [0.1, 0.15) is 5.84 Å². The van der Waals surface area contributed by atoms with Crippen molar-refractivity contribution in [2.45, 2.75) is 30.2 Å². The Morgan fingerprint density at radius 3 is 2.89 bits per heavy atom. The summed E-state index contributed by atoms with van der Waals surface area (Å²) in [5, 5.41) is 3.33. The van der Waals surface area contributed by atoms with Gasteiger partial charge in [0.25, 0.3) is 10.0 Å². The first-order valence-corrected chi connectivity index (χ1v) is 8.06. The van der Waals surface area contributed by atoms with Gasteiger partial charge in [0.2, 0.25) is 0 Å². The number of benzene rings is 1. The van der Waals surface area contributed by atoms with Crippen LogP contribution in [0.1, 0.15) is 24.8 Å². The second-order valence-corrected chi connectivity index (χ2v) is 6.56. The molecule has 3 rings (SSSR count). The van der Waals surface area contributed by atoms with Gasteiger partial charge in [-0.3, -0.25) is 9.71 Å². The van der Waals surface area contributed by atoms with Crippen molar-refractivity contribution in [1.29, 1.82) is 0 Å². The summed E-state index contributed by atoms with van der Waals surface area (Å²) >= 11 is 0. The fourth-order valence-electron chi connectivity index (χ4n) is 2.54. The van der Waals surface area contributed by atoms with Gasteiger partial charge in [-0.25, -0.2) is 8.42 Å². The van der Waals surface area contributed by atoms with Gasteiger partial charge in [0.05, 0.1) is 10.9 Å². The van der Waals surface area contributed by atoms with E-state index >= 15 is 0 Å². The summed E-state index contributed by atoms with van der Waals surface area (Å²) in [5.74, 6) is 0.502. The van der Waals surface area contributed by atoms with E-state index in [0.717, 1.165) is 32.4 Å². The molecule has 6 heteroatoms. The zero-order valence-corrected chi connectivity index (χ0v) is 11.4. The lowest BCUT2D eigenvalue weighted by molar-refractivity contribution is 0.592. The topological polar surface area (TPSA) is 70.6 Å². The maximum absolute atomic E-state index is 12.0. The van der Waals surface area contributed by atoms with E-state index in [1.807, 2.05) is 6.07 Å². The Morgan fingerprint density at radius 2 is 2.00 bits per heavy atom. The molecule has 0 aliphatic carbocycles. The Morgan fingerprint density at radius 1 is 1.16 bits per heavy atom. The van der Waals surface area contributed by atoms with Gasteiger partial charge in [-0.15, -0.1) is 0 Å². The minimum Gasteiger partial charge on any atom is -0.317 e. The van der Waals surface area contributed by atoms with Crippen LogP contribution in [-0.2, 0) is 10.0 Å². The Balaban J connectivity index is 1.94. The van der Waals surface area contributed by atoms with E-state index in [4.69, 9.17) is 0 Å². The molecule has 102 valence electrons. The fraction of sp³-hybridized carbons (Fsp3) is 0.462.